The number of ether oxygens (including phenoxy) is 1. The van der Waals surface area contributed by atoms with Crippen molar-refractivity contribution in [1.29, 1.82) is 0 Å². The van der Waals surface area contributed by atoms with Gasteiger partial charge in [0.2, 0.25) is 11.8 Å². The minimum absolute atomic E-state index is 0.0180. The number of carbonyl (C=O) groups is 2. The van der Waals surface area contributed by atoms with E-state index in [1.165, 1.54) is 30.2 Å². The fourth-order valence-electron chi connectivity index (χ4n) is 5.47. The molecule has 4 rings (SSSR count). The number of aryl methyl sites for hydroxylation is 2. The fraction of sp³-hybridized carbons (Fsp3) is 0.394. The predicted molar refractivity (Wildman–Crippen MR) is 170 cm³/mol. The molecule has 2 amide bonds. The lowest BCUT2D eigenvalue weighted by Gasteiger charge is -2.34. The average Bonchev–Trinajstić information content (AvgIpc) is 3.49. The normalized spacial score (nSPS) is 14.3. The number of sulfonamides is 1. The first-order valence-electron chi connectivity index (χ1n) is 14.6. The molecule has 0 spiro atoms. The summed E-state index contributed by atoms with van der Waals surface area (Å²) < 4.78 is 34.9. The zero-order chi connectivity index (χ0) is 31.1. The SMILES string of the molecule is CC[C@@H](C(=O)NC1CCCC1)N(Cc1ccccc1C)C(=O)CN(c1cc(Cl)ccc1OC)S(=O)(=O)c1ccc(C)cc1. The van der Waals surface area contributed by atoms with E-state index in [2.05, 4.69) is 5.32 Å². The third-order valence-electron chi connectivity index (χ3n) is 7.99. The molecule has 10 heteroatoms. The van der Waals surface area contributed by atoms with E-state index >= 15 is 0 Å². The Morgan fingerprint density at radius 2 is 1.70 bits per heavy atom. The summed E-state index contributed by atoms with van der Waals surface area (Å²) in [6, 6.07) is 18.0. The van der Waals surface area contributed by atoms with Crippen LogP contribution in [0.5, 0.6) is 5.75 Å². The van der Waals surface area contributed by atoms with Crippen LogP contribution in [0.1, 0.15) is 55.7 Å². The Bertz CT molecular complexity index is 1540. The van der Waals surface area contributed by atoms with E-state index in [1.807, 2.05) is 45.0 Å². The minimum atomic E-state index is -4.25. The number of anilines is 1. The molecule has 0 unspecified atom stereocenters. The van der Waals surface area contributed by atoms with Crippen LogP contribution in [0.4, 0.5) is 5.69 Å². The molecule has 3 aromatic rings. The number of methoxy groups -OCH3 is 1. The second-order valence-corrected chi connectivity index (χ2v) is 13.3. The Morgan fingerprint density at radius 1 is 1.02 bits per heavy atom. The lowest BCUT2D eigenvalue weighted by Crippen LogP contribution is -2.53. The Balaban J connectivity index is 1.77. The molecule has 43 heavy (non-hydrogen) atoms. The second-order valence-electron chi connectivity index (χ2n) is 11.0. The molecule has 0 aromatic heterocycles. The number of halogens is 1. The topological polar surface area (TPSA) is 96.0 Å². The highest BCUT2D eigenvalue weighted by atomic mass is 35.5. The Morgan fingerprint density at radius 3 is 2.33 bits per heavy atom. The Labute approximate surface area is 260 Å². The molecular formula is C33H40ClN3O5S. The van der Waals surface area contributed by atoms with Gasteiger partial charge in [0.25, 0.3) is 10.0 Å². The summed E-state index contributed by atoms with van der Waals surface area (Å²) in [4.78, 5) is 29.5. The standard InChI is InChI=1S/C33H40ClN3O5S/c1-5-29(33(39)35-27-12-8-9-13-27)36(21-25-11-7-6-10-24(25)3)32(38)22-37(30-20-26(34)16-19-31(30)42-4)43(40,41)28-17-14-23(2)15-18-28/h6-7,10-11,14-20,27,29H,5,8-9,12-13,21-22H2,1-4H3,(H,35,39)/t29-/m0/s1. The smallest absolute Gasteiger partial charge is 0.264 e. The van der Waals surface area contributed by atoms with E-state index in [-0.39, 0.29) is 39.8 Å². The maximum absolute atomic E-state index is 14.4. The average molecular weight is 626 g/mol. The summed E-state index contributed by atoms with van der Waals surface area (Å²) >= 11 is 6.33. The molecule has 0 saturated heterocycles. The minimum Gasteiger partial charge on any atom is -0.495 e. The van der Waals surface area contributed by atoms with Crippen LogP contribution in [0.15, 0.2) is 71.6 Å². The summed E-state index contributed by atoms with van der Waals surface area (Å²) in [5.41, 5.74) is 2.86. The molecule has 1 saturated carbocycles. The van der Waals surface area contributed by atoms with Gasteiger partial charge in [0.05, 0.1) is 17.7 Å². The van der Waals surface area contributed by atoms with Gasteiger partial charge in [-0.3, -0.25) is 13.9 Å². The fourth-order valence-corrected chi connectivity index (χ4v) is 7.05. The molecule has 3 aromatic carbocycles. The van der Waals surface area contributed by atoms with Gasteiger partial charge in [0.15, 0.2) is 0 Å². The molecule has 1 atom stereocenters. The van der Waals surface area contributed by atoms with Gasteiger partial charge in [0.1, 0.15) is 18.3 Å². The quantitative estimate of drug-likeness (QED) is 0.265. The highest BCUT2D eigenvalue weighted by Gasteiger charge is 2.35. The number of carbonyl (C=O) groups excluding carboxylic acids is 2. The monoisotopic (exact) mass is 625 g/mol. The summed E-state index contributed by atoms with van der Waals surface area (Å²) in [6.07, 6.45) is 4.29. The van der Waals surface area contributed by atoms with Crippen LogP contribution >= 0.6 is 11.6 Å². The van der Waals surface area contributed by atoms with E-state index in [1.54, 1.807) is 24.3 Å². The van der Waals surface area contributed by atoms with Gasteiger partial charge >= 0.3 is 0 Å². The molecule has 230 valence electrons. The van der Waals surface area contributed by atoms with Crippen molar-refractivity contribution in [3.63, 3.8) is 0 Å². The van der Waals surface area contributed by atoms with Gasteiger partial charge in [-0.2, -0.15) is 0 Å². The molecule has 1 aliphatic carbocycles. The van der Waals surface area contributed by atoms with Gasteiger partial charge < -0.3 is 15.0 Å². The third-order valence-corrected chi connectivity index (χ3v) is 10.00. The van der Waals surface area contributed by atoms with E-state index < -0.39 is 28.5 Å². The van der Waals surface area contributed by atoms with E-state index in [0.29, 0.717) is 6.42 Å². The lowest BCUT2D eigenvalue weighted by molar-refractivity contribution is -0.140. The molecule has 8 nitrogen and oxygen atoms in total. The summed E-state index contributed by atoms with van der Waals surface area (Å²) in [5.74, 6) is -0.511. The van der Waals surface area contributed by atoms with E-state index in [9.17, 15) is 18.0 Å². The van der Waals surface area contributed by atoms with Crippen molar-refractivity contribution in [3.05, 3.63) is 88.4 Å². The highest BCUT2D eigenvalue weighted by Crippen LogP contribution is 2.35. The van der Waals surface area contributed by atoms with Crippen molar-refractivity contribution < 1.29 is 22.7 Å². The predicted octanol–water partition coefficient (Wildman–Crippen LogP) is 6.03. The number of hydrogen-bond donors (Lipinski definition) is 1. The van der Waals surface area contributed by atoms with Crippen LogP contribution in [-0.2, 0) is 26.2 Å². The number of nitrogens with one attached hydrogen (secondary N) is 1. The van der Waals surface area contributed by atoms with Crippen LogP contribution in [0.2, 0.25) is 5.02 Å². The first-order chi connectivity index (χ1) is 20.5. The molecule has 0 aliphatic heterocycles. The van der Waals surface area contributed by atoms with Crippen molar-refractivity contribution in [2.45, 2.75) is 76.4 Å². The zero-order valence-corrected chi connectivity index (χ0v) is 26.7. The van der Waals surface area contributed by atoms with Gasteiger partial charge in [-0.15, -0.1) is 0 Å². The third kappa shape index (κ3) is 7.70. The van der Waals surface area contributed by atoms with Crippen LogP contribution < -0.4 is 14.4 Å². The van der Waals surface area contributed by atoms with Gasteiger partial charge in [0, 0.05) is 17.6 Å². The first-order valence-corrected chi connectivity index (χ1v) is 16.4. The molecule has 0 bridgehead atoms. The van der Waals surface area contributed by atoms with Crippen molar-refractivity contribution in [2.75, 3.05) is 18.0 Å². The maximum Gasteiger partial charge on any atom is 0.264 e. The number of benzene rings is 3. The highest BCUT2D eigenvalue weighted by molar-refractivity contribution is 7.92. The number of hydrogen-bond acceptors (Lipinski definition) is 5. The van der Waals surface area contributed by atoms with E-state index in [0.717, 1.165) is 46.7 Å². The van der Waals surface area contributed by atoms with Gasteiger partial charge in [-0.25, -0.2) is 8.42 Å². The van der Waals surface area contributed by atoms with Crippen molar-refractivity contribution in [2.24, 2.45) is 0 Å². The largest absolute Gasteiger partial charge is 0.495 e. The van der Waals surface area contributed by atoms with Crippen LogP contribution in [0.25, 0.3) is 0 Å². The lowest BCUT2D eigenvalue weighted by atomic mass is 10.1. The van der Waals surface area contributed by atoms with Crippen molar-refractivity contribution in [1.82, 2.24) is 10.2 Å². The van der Waals surface area contributed by atoms with Gasteiger partial charge in [-0.05, 0) is 74.6 Å². The number of amides is 2. The molecule has 0 radical (unpaired) electrons. The zero-order valence-electron chi connectivity index (χ0n) is 25.2. The van der Waals surface area contributed by atoms with Crippen LogP contribution in [0, 0.1) is 13.8 Å². The molecular weight excluding hydrogens is 586 g/mol. The van der Waals surface area contributed by atoms with Crippen molar-refractivity contribution in [3.8, 4) is 5.75 Å². The molecule has 0 heterocycles. The molecule has 1 N–H and O–H groups in total. The number of nitrogens with zero attached hydrogens (tertiary/aromatic N) is 2. The summed E-state index contributed by atoms with van der Waals surface area (Å²) in [6.45, 7) is 5.25. The number of rotatable bonds is 12. The maximum atomic E-state index is 14.4. The van der Waals surface area contributed by atoms with Gasteiger partial charge in [-0.1, -0.05) is 73.3 Å². The van der Waals surface area contributed by atoms with Crippen LogP contribution in [-0.4, -0.2) is 50.9 Å². The second kappa shape index (κ2) is 14.3. The first kappa shape index (κ1) is 32.4. The summed E-state index contributed by atoms with van der Waals surface area (Å²) in [5, 5.41) is 3.42. The Hall–Kier alpha value is -3.56. The van der Waals surface area contributed by atoms with Crippen LogP contribution in [0.3, 0.4) is 0 Å². The van der Waals surface area contributed by atoms with E-state index in [4.69, 9.17) is 16.3 Å². The molecule has 1 fully saturated rings. The van der Waals surface area contributed by atoms with Crippen molar-refractivity contribution >= 4 is 39.1 Å². The summed E-state index contributed by atoms with van der Waals surface area (Å²) in [7, 11) is -2.83. The molecule has 1 aliphatic rings. The Kier molecular flexibility index (Phi) is 10.7.